The van der Waals surface area contributed by atoms with Gasteiger partial charge in [-0.2, -0.15) is 0 Å². The zero-order chi connectivity index (χ0) is 13.2. The molecular weight excluding hydrogens is 236 g/mol. The molecule has 0 bridgehead atoms. The van der Waals surface area contributed by atoms with Gasteiger partial charge in [-0.1, -0.05) is 0 Å². The van der Waals surface area contributed by atoms with Crippen molar-refractivity contribution in [2.24, 2.45) is 0 Å². The molecule has 0 spiro atoms. The van der Waals surface area contributed by atoms with E-state index in [4.69, 9.17) is 14.2 Å². The lowest BCUT2D eigenvalue weighted by Crippen LogP contribution is -2.46. The minimum atomic E-state index is 0.158. The number of hydrogen-bond donors (Lipinski definition) is 0. The molecule has 1 amide bonds. The van der Waals surface area contributed by atoms with Crippen LogP contribution in [0.25, 0.3) is 0 Å². The van der Waals surface area contributed by atoms with Gasteiger partial charge in [-0.25, -0.2) is 0 Å². The number of nitrogens with zero attached hydrogens (tertiary/aromatic N) is 2. The first-order valence-corrected chi connectivity index (χ1v) is 6.33. The lowest BCUT2D eigenvalue weighted by atomic mass is 10.3. The van der Waals surface area contributed by atoms with E-state index in [2.05, 4.69) is 4.90 Å². The molecule has 0 atom stereocenters. The van der Waals surface area contributed by atoms with Gasteiger partial charge in [0.2, 0.25) is 5.91 Å². The Morgan fingerprint density at radius 3 is 2.22 bits per heavy atom. The molecule has 0 N–H and O–H groups in total. The van der Waals surface area contributed by atoms with Crippen LogP contribution in [-0.2, 0) is 19.0 Å². The lowest BCUT2D eigenvalue weighted by Gasteiger charge is -2.29. The summed E-state index contributed by atoms with van der Waals surface area (Å²) in [5.41, 5.74) is 0. The number of carbonyl (C=O) groups is 1. The van der Waals surface area contributed by atoms with E-state index >= 15 is 0 Å². The summed E-state index contributed by atoms with van der Waals surface area (Å²) in [4.78, 5) is 16.0. The first-order chi connectivity index (χ1) is 8.77. The molecule has 0 unspecified atom stereocenters. The minimum Gasteiger partial charge on any atom is -0.383 e. The van der Waals surface area contributed by atoms with E-state index in [0.29, 0.717) is 46.1 Å². The molecule has 0 saturated carbocycles. The van der Waals surface area contributed by atoms with Crippen LogP contribution in [0.15, 0.2) is 0 Å². The molecule has 1 fully saturated rings. The lowest BCUT2D eigenvalue weighted by molar-refractivity contribution is -0.136. The number of ether oxygens (including phenoxy) is 3. The molecule has 0 aromatic carbocycles. The van der Waals surface area contributed by atoms with Crippen molar-refractivity contribution in [3.63, 3.8) is 0 Å². The zero-order valence-corrected chi connectivity index (χ0v) is 11.4. The summed E-state index contributed by atoms with van der Waals surface area (Å²) >= 11 is 0. The molecule has 1 aliphatic rings. The SMILES string of the molecule is COCCN(CCOC)CC(=O)N1CCOCC1. The number of amides is 1. The Morgan fingerprint density at radius 1 is 1.17 bits per heavy atom. The Morgan fingerprint density at radius 2 is 1.72 bits per heavy atom. The van der Waals surface area contributed by atoms with Gasteiger partial charge in [0, 0.05) is 40.4 Å². The number of carbonyl (C=O) groups excluding carboxylic acids is 1. The van der Waals surface area contributed by atoms with Crippen LogP contribution < -0.4 is 0 Å². The zero-order valence-electron chi connectivity index (χ0n) is 11.4. The molecule has 1 rings (SSSR count). The molecule has 0 aromatic rings. The van der Waals surface area contributed by atoms with E-state index in [9.17, 15) is 4.79 Å². The van der Waals surface area contributed by atoms with E-state index in [1.807, 2.05) is 4.90 Å². The normalized spacial score (nSPS) is 16.3. The standard InChI is InChI=1S/C12H24N2O4/c1-16-7-3-13(4-8-17-2)11-12(15)14-5-9-18-10-6-14/h3-11H2,1-2H3. The third-order valence-corrected chi connectivity index (χ3v) is 2.95. The molecule has 18 heavy (non-hydrogen) atoms. The Labute approximate surface area is 109 Å². The number of methoxy groups -OCH3 is 2. The molecule has 1 saturated heterocycles. The summed E-state index contributed by atoms with van der Waals surface area (Å²) in [5.74, 6) is 0.158. The topological polar surface area (TPSA) is 51.2 Å². The predicted molar refractivity (Wildman–Crippen MR) is 67.6 cm³/mol. The quantitative estimate of drug-likeness (QED) is 0.585. The van der Waals surface area contributed by atoms with Crippen molar-refractivity contribution in [2.45, 2.75) is 0 Å². The van der Waals surface area contributed by atoms with Gasteiger partial charge < -0.3 is 19.1 Å². The van der Waals surface area contributed by atoms with Crippen LogP contribution in [-0.4, -0.2) is 89.1 Å². The van der Waals surface area contributed by atoms with Crippen molar-refractivity contribution in [3.05, 3.63) is 0 Å². The maximum atomic E-state index is 12.1. The van der Waals surface area contributed by atoms with Gasteiger partial charge in [0.25, 0.3) is 0 Å². The molecule has 6 nitrogen and oxygen atoms in total. The number of rotatable bonds is 8. The Bertz CT molecular complexity index is 224. The Balaban J connectivity index is 2.34. The monoisotopic (exact) mass is 260 g/mol. The van der Waals surface area contributed by atoms with Crippen molar-refractivity contribution in [2.75, 3.05) is 73.4 Å². The minimum absolute atomic E-state index is 0.158. The van der Waals surface area contributed by atoms with Crippen LogP contribution >= 0.6 is 0 Å². The van der Waals surface area contributed by atoms with Gasteiger partial charge in [-0.05, 0) is 0 Å². The smallest absolute Gasteiger partial charge is 0.236 e. The Kier molecular flexibility index (Phi) is 7.91. The summed E-state index contributed by atoms with van der Waals surface area (Å²) in [7, 11) is 3.33. The summed E-state index contributed by atoms with van der Waals surface area (Å²) in [6, 6.07) is 0. The van der Waals surface area contributed by atoms with E-state index in [1.54, 1.807) is 14.2 Å². The first-order valence-electron chi connectivity index (χ1n) is 6.33. The highest BCUT2D eigenvalue weighted by molar-refractivity contribution is 5.78. The molecule has 1 aliphatic heterocycles. The summed E-state index contributed by atoms with van der Waals surface area (Å²) in [6.07, 6.45) is 0. The van der Waals surface area contributed by atoms with Crippen LogP contribution in [0.3, 0.4) is 0 Å². The fraction of sp³-hybridized carbons (Fsp3) is 0.917. The average molecular weight is 260 g/mol. The van der Waals surface area contributed by atoms with Crippen LogP contribution in [0.4, 0.5) is 0 Å². The maximum absolute atomic E-state index is 12.1. The van der Waals surface area contributed by atoms with Gasteiger partial charge in [-0.3, -0.25) is 9.69 Å². The van der Waals surface area contributed by atoms with Gasteiger partial charge in [0.05, 0.1) is 33.0 Å². The molecule has 6 heteroatoms. The number of morpholine rings is 1. The first kappa shape index (κ1) is 15.4. The highest BCUT2D eigenvalue weighted by Gasteiger charge is 2.19. The van der Waals surface area contributed by atoms with Gasteiger partial charge in [-0.15, -0.1) is 0 Å². The summed E-state index contributed by atoms with van der Waals surface area (Å²) < 4.78 is 15.3. The van der Waals surface area contributed by atoms with Crippen molar-refractivity contribution in [1.29, 1.82) is 0 Å². The fourth-order valence-electron chi connectivity index (χ4n) is 1.81. The third-order valence-electron chi connectivity index (χ3n) is 2.95. The predicted octanol–water partition coefficient (Wildman–Crippen LogP) is -0.560. The van der Waals surface area contributed by atoms with Gasteiger partial charge in [0.15, 0.2) is 0 Å². The third kappa shape index (κ3) is 5.77. The van der Waals surface area contributed by atoms with Crippen molar-refractivity contribution < 1.29 is 19.0 Å². The second kappa shape index (κ2) is 9.27. The molecule has 1 heterocycles. The average Bonchev–Trinajstić information content (AvgIpc) is 2.42. The maximum Gasteiger partial charge on any atom is 0.236 e. The molecule has 0 aromatic heterocycles. The van der Waals surface area contributed by atoms with Gasteiger partial charge >= 0.3 is 0 Å². The van der Waals surface area contributed by atoms with Crippen molar-refractivity contribution in [3.8, 4) is 0 Å². The summed E-state index contributed by atoms with van der Waals surface area (Å²) in [6.45, 7) is 5.84. The van der Waals surface area contributed by atoms with E-state index in [1.165, 1.54) is 0 Å². The molecule has 0 aliphatic carbocycles. The van der Waals surface area contributed by atoms with Gasteiger partial charge in [0.1, 0.15) is 0 Å². The van der Waals surface area contributed by atoms with E-state index in [-0.39, 0.29) is 5.91 Å². The van der Waals surface area contributed by atoms with Crippen molar-refractivity contribution in [1.82, 2.24) is 9.80 Å². The van der Waals surface area contributed by atoms with Crippen LogP contribution in [0.1, 0.15) is 0 Å². The largest absolute Gasteiger partial charge is 0.383 e. The highest BCUT2D eigenvalue weighted by atomic mass is 16.5. The molecule has 0 radical (unpaired) electrons. The Hall–Kier alpha value is -0.690. The fourth-order valence-corrected chi connectivity index (χ4v) is 1.81. The van der Waals surface area contributed by atoms with E-state index < -0.39 is 0 Å². The highest BCUT2D eigenvalue weighted by Crippen LogP contribution is 2.00. The molecule has 106 valence electrons. The van der Waals surface area contributed by atoms with Crippen LogP contribution in [0.2, 0.25) is 0 Å². The van der Waals surface area contributed by atoms with Crippen LogP contribution in [0, 0.1) is 0 Å². The second-order valence-corrected chi connectivity index (χ2v) is 4.25. The van der Waals surface area contributed by atoms with Crippen LogP contribution in [0.5, 0.6) is 0 Å². The summed E-state index contributed by atoms with van der Waals surface area (Å²) in [5, 5.41) is 0. The number of hydrogen-bond acceptors (Lipinski definition) is 5. The van der Waals surface area contributed by atoms with Crippen molar-refractivity contribution >= 4 is 5.91 Å². The molecular formula is C12H24N2O4. The second-order valence-electron chi connectivity index (χ2n) is 4.25. The van der Waals surface area contributed by atoms with E-state index in [0.717, 1.165) is 13.1 Å².